The van der Waals surface area contributed by atoms with E-state index in [2.05, 4.69) is 46.8 Å². The van der Waals surface area contributed by atoms with Gasteiger partial charge in [-0.05, 0) is 96.0 Å². The van der Waals surface area contributed by atoms with Gasteiger partial charge >= 0.3 is 5.97 Å². The Morgan fingerprint density at radius 3 is 2.00 bits per heavy atom. The van der Waals surface area contributed by atoms with Crippen LogP contribution in [0.1, 0.15) is 92.9 Å². The first-order valence-corrected chi connectivity index (χ1v) is 20.8. The fraction of sp³-hybridized carbons (Fsp3) is 0.881. The molecular formula is C42H66O15. The summed E-state index contributed by atoms with van der Waals surface area (Å²) in [5.74, 6) is -1.01. The number of allylic oxidation sites excluding steroid dienone is 3. The fourth-order valence-electron chi connectivity index (χ4n) is 13.1. The summed E-state index contributed by atoms with van der Waals surface area (Å²) < 4.78 is 23.9. The number of hydrogen-bond acceptors (Lipinski definition) is 14. The number of carboxylic acid groups (broad SMARTS) is 1. The van der Waals surface area contributed by atoms with Crippen molar-refractivity contribution in [2.75, 3.05) is 19.8 Å². The Hall–Kier alpha value is -1.57. The summed E-state index contributed by atoms with van der Waals surface area (Å²) in [6, 6.07) is 0. The van der Waals surface area contributed by atoms with Crippen molar-refractivity contribution in [3.63, 3.8) is 0 Å². The van der Waals surface area contributed by atoms with Crippen LogP contribution in [0.5, 0.6) is 0 Å². The second-order valence-corrected chi connectivity index (χ2v) is 20.3. The van der Waals surface area contributed by atoms with E-state index in [0.29, 0.717) is 19.3 Å². The lowest BCUT2D eigenvalue weighted by Gasteiger charge is -2.70. The zero-order valence-corrected chi connectivity index (χ0v) is 34.0. The van der Waals surface area contributed by atoms with Crippen LogP contribution in [0, 0.1) is 44.3 Å². The van der Waals surface area contributed by atoms with Gasteiger partial charge in [-0.25, -0.2) is 0 Å². The van der Waals surface area contributed by atoms with Crippen LogP contribution >= 0.6 is 0 Å². The van der Waals surface area contributed by atoms with Gasteiger partial charge in [0.25, 0.3) is 0 Å². The van der Waals surface area contributed by atoms with Gasteiger partial charge in [0.15, 0.2) is 12.6 Å². The molecule has 0 aromatic heterocycles. The number of carbonyl (C=O) groups is 1. The van der Waals surface area contributed by atoms with Crippen molar-refractivity contribution in [3.05, 3.63) is 23.3 Å². The molecule has 2 heterocycles. The van der Waals surface area contributed by atoms with Crippen LogP contribution in [0.15, 0.2) is 23.3 Å². The molecule has 19 unspecified atom stereocenters. The minimum absolute atomic E-state index is 0.0214. The molecule has 5 aliphatic carbocycles. The van der Waals surface area contributed by atoms with Gasteiger partial charge in [-0.2, -0.15) is 0 Å². The van der Waals surface area contributed by atoms with E-state index in [-0.39, 0.29) is 34.5 Å². The van der Waals surface area contributed by atoms with E-state index >= 15 is 0 Å². The monoisotopic (exact) mass is 810 g/mol. The molecule has 0 aromatic carbocycles. The van der Waals surface area contributed by atoms with E-state index in [1.165, 1.54) is 0 Å². The first-order valence-electron chi connectivity index (χ1n) is 20.8. The van der Waals surface area contributed by atoms with Crippen LogP contribution in [-0.4, -0.2) is 150 Å². The lowest BCUT2D eigenvalue weighted by Crippen LogP contribution is -2.69. The van der Waals surface area contributed by atoms with E-state index in [1.54, 1.807) is 0 Å². The van der Waals surface area contributed by atoms with Gasteiger partial charge in [0.1, 0.15) is 48.8 Å². The molecule has 2 saturated heterocycles. The third-order valence-corrected chi connectivity index (χ3v) is 16.7. The number of aliphatic hydroxyl groups is 9. The summed E-state index contributed by atoms with van der Waals surface area (Å²) in [5.41, 5.74) is -1.000. The molecule has 3 saturated carbocycles. The molecule has 19 atom stereocenters. The maximum atomic E-state index is 13.0. The summed E-state index contributed by atoms with van der Waals surface area (Å²) in [6.07, 6.45) is -9.17. The van der Waals surface area contributed by atoms with E-state index in [4.69, 9.17) is 18.9 Å². The van der Waals surface area contributed by atoms with E-state index < -0.39 is 116 Å². The third-order valence-electron chi connectivity index (χ3n) is 16.7. The lowest BCUT2D eigenvalue weighted by molar-refractivity contribution is -0.383. The standard InChI is InChI=1S/C42H66O15/c1-37(2)11-13-42(36(52)53)14-12-40(5)20(21(42)15-37)7-8-26-38(3)16-22(46)33(39(4,19-45)25(38)9-10-41(26,40)6)57-35-32(30(50)28(48)24(18-44)55-35)56-34-31(51)29(49)27(47)23(17-43)54-34/h7-8,22-35,43-51H,9-19H2,1-6H3,(H,52,53). The molecule has 5 fully saturated rings. The molecular weight excluding hydrogens is 744 g/mol. The van der Waals surface area contributed by atoms with Crippen molar-refractivity contribution in [2.24, 2.45) is 44.3 Å². The van der Waals surface area contributed by atoms with Gasteiger partial charge in [0.05, 0.1) is 37.4 Å². The molecule has 2 aliphatic heterocycles. The maximum absolute atomic E-state index is 13.0. The number of hydrogen-bond donors (Lipinski definition) is 10. The van der Waals surface area contributed by atoms with Crippen molar-refractivity contribution in [3.8, 4) is 0 Å². The average molecular weight is 811 g/mol. The minimum atomic E-state index is -1.85. The molecule has 0 bridgehead atoms. The highest BCUT2D eigenvalue weighted by atomic mass is 16.8. The highest BCUT2D eigenvalue weighted by Crippen LogP contribution is 2.74. The molecule has 0 amide bonds. The molecule has 15 heteroatoms. The molecule has 0 aromatic rings. The predicted octanol–water partition coefficient (Wildman–Crippen LogP) is 0.745. The highest BCUT2D eigenvalue weighted by molar-refractivity contribution is 5.80. The summed E-state index contributed by atoms with van der Waals surface area (Å²) in [6.45, 7) is 11.2. The molecule has 15 nitrogen and oxygen atoms in total. The zero-order valence-electron chi connectivity index (χ0n) is 34.0. The van der Waals surface area contributed by atoms with E-state index in [0.717, 1.165) is 36.8 Å². The number of carboxylic acids is 1. The SMILES string of the molecule is CC1(C)CCC2(C(=O)O)CCC3(C)C(=C2C1)C=CC1C2(C)CC(O)C(OC4OC(CO)C(O)C(O)C4OC4OC(CO)C(O)C(O)C4O)C(C)(CO)C2CCC13C. The third kappa shape index (κ3) is 6.36. The van der Waals surface area contributed by atoms with E-state index in [1.807, 2.05) is 6.92 Å². The molecule has 0 radical (unpaired) electrons. The van der Waals surface area contributed by atoms with Crippen LogP contribution in [0.4, 0.5) is 0 Å². The van der Waals surface area contributed by atoms with Gasteiger partial charge in [-0.3, -0.25) is 4.79 Å². The number of ether oxygens (including phenoxy) is 4. The second kappa shape index (κ2) is 14.8. The fourth-order valence-corrected chi connectivity index (χ4v) is 13.1. The molecule has 7 aliphatic rings. The molecule has 10 N–H and O–H groups in total. The van der Waals surface area contributed by atoms with Gasteiger partial charge in [-0.15, -0.1) is 0 Å². The Kier molecular flexibility index (Phi) is 11.3. The maximum Gasteiger partial charge on any atom is 0.313 e. The minimum Gasteiger partial charge on any atom is -0.481 e. The van der Waals surface area contributed by atoms with Crippen LogP contribution < -0.4 is 0 Å². The first-order chi connectivity index (χ1) is 26.6. The molecule has 0 spiro atoms. The highest BCUT2D eigenvalue weighted by Gasteiger charge is 2.70. The number of aliphatic carboxylic acids is 1. The van der Waals surface area contributed by atoms with Crippen molar-refractivity contribution in [1.82, 2.24) is 0 Å². The Bertz CT molecular complexity index is 1600. The summed E-state index contributed by atoms with van der Waals surface area (Å²) in [7, 11) is 0. The average Bonchev–Trinajstić information content (AvgIpc) is 3.15. The smallest absolute Gasteiger partial charge is 0.313 e. The lowest BCUT2D eigenvalue weighted by atomic mass is 9.35. The largest absolute Gasteiger partial charge is 0.481 e. The summed E-state index contributed by atoms with van der Waals surface area (Å²) in [4.78, 5) is 13.0. The van der Waals surface area contributed by atoms with Crippen LogP contribution in [0.25, 0.3) is 0 Å². The predicted molar refractivity (Wildman–Crippen MR) is 201 cm³/mol. The first kappa shape index (κ1) is 43.5. The van der Waals surface area contributed by atoms with Crippen LogP contribution in [0.2, 0.25) is 0 Å². The van der Waals surface area contributed by atoms with Crippen LogP contribution in [0.3, 0.4) is 0 Å². The Morgan fingerprint density at radius 1 is 0.772 bits per heavy atom. The summed E-state index contributed by atoms with van der Waals surface area (Å²) in [5, 5.41) is 108. The molecule has 7 rings (SSSR count). The topological polar surface area (TPSA) is 256 Å². The Balaban J connectivity index is 1.22. The summed E-state index contributed by atoms with van der Waals surface area (Å²) >= 11 is 0. The van der Waals surface area contributed by atoms with Gasteiger partial charge in [-0.1, -0.05) is 53.7 Å². The van der Waals surface area contributed by atoms with Gasteiger partial charge < -0.3 is 70.0 Å². The number of rotatable bonds is 8. The Morgan fingerprint density at radius 2 is 1.39 bits per heavy atom. The van der Waals surface area contributed by atoms with Crippen LogP contribution in [-0.2, 0) is 23.7 Å². The molecule has 57 heavy (non-hydrogen) atoms. The normalized spacial score (nSPS) is 53.3. The molecule has 324 valence electrons. The van der Waals surface area contributed by atoms with Gasteiger partial charge in [0, 0.05) is 5.41 Å². The van der Waals surface area contributed by atoms with E-state index in [9.17, 15) is 55.9 Å². The second-order valence-electron chi connectivity index (χ2n) is 20.3. The number of aliphatic hydroxyl groups excluding tert-OH is 9. The quantitative estimate of drug-likeness (QED) is 0.152. The van der Waals surface area contributed by atoms with Crippen molar-refractivity contribution in [1.29, 1.82) is 0 Å². The Labute approximate surface area is 334 Å². The van der Waals surface area contributed by atoms with Gasteiger partial charge in [0.2, 0.25) is 0 Å². The van der Waals surface area contributed by atoms with Crippen molar-refractivity contribution in [2.45, 2.75) is 167 Å². The zero-order chi connectivity index (χ0) is 41.8. The van der Waals surface area contributed by atoms with Crippen molar-refractivity contribution >= 4 is 5.97 Å². The number of fused-ring (bicyclic) bond motifs is 6. The van der Waals surface area contributed by atoms with Crippen molar-refractivity contribution < 1.29 is 74.8 Å².